The van der Waals surface area contributed by atoms with Gasteiger partial charge in [0.15, 0.2) is 0 Å². The van der Waals surface area contributed by atoms with Crippen molar-refractivity contribution in [3.05, 3.63) is 22.9 Å². The molecule has 0 unspecified atom stereocenters. The van der Waals surface area contributed by atoms with Crippen LogP contribution in [-0.4, -0.2) is 29.1 Å². The van der Waals surface area contributed by atoms with Crippen molar-refractivity contribution in [3.8, 4) is 0 Å². The van der Waals surface area contributed by atoms with E-state index in [-0.39, 0.29) is 0 Å². The molecule has 2 rings (SSSR count). The molecule has 1 heterocycles. The van der Waals surface area contributed by atoms with Crippen molar-refractivity contribution in [2.45, 2.75) is 46.0 Å². The van der Waals surface area contributed by atoms with Gasteiger partial charge in [-0.3, -0.25) is 0 Å². The van der Waals surface area contributed by atoms with Gasteiger partial charge in [-0.15, -0.1) is 0 Å². The Morgan fingerprint density at radius 1 is 1.37 bits per heavy atom. The maximum Gasteiger partial charge on any atom is 0.339 e. The van der Waals surface area contributed by atoms with Crippen LogP contribution >= 0.6 is 0 Å². The van der Waals surface area contributed by atoms with Gasteiger partial charge < -0.3 is 10.0 Å². The number of carbonyl (C=O) groups is 1. The molecule has 0 radical (unpaired) electrons. The minimum Gasteiger partial charge on any atom is -0.478 e. The van der Waals surface area contributed by atoms with Crippen molar-refractivity contribution in [1.82, 2.24) is 4.98 Å². The fraction of sp³-hybridized carbons (Fsp3) is 0.600. The summed E-state index contributed by atoms with van der Waals surface area (Å²) in [5.41, 5.74) is 2.58. The smallest absolute Gasteiger partial charge is 0.339 e. The topological polar surface area (TPSA) is 53.4 Å². The largest absolute Gasteiger partial charge is 0.478 e. The highest BCUT2D eigenvalue weighted by molar-refractivity contribution is 5.93. The number of carboxylic acid groups (broad SMARTS) is 1. The van der Waals surface area contributed by atoms with E-state index in [9.17, 15) is 9.90 Å². The van der Waals surface area contributed by atoms with Gasteiger partial charge in [-0.25, -0.2) is 9.78 Å². The zero-order valence-corrected chi connectivity index (χ0v) is 11.8. The molecular formula is C15H22N2O2. The summed E-state index contributed by atoms with van der Waals surface area (Å²) >= 11 is 0. The van der Waals surface area contributed by atoms with Crippen LogP contribution in [0.2, 0.25) is 0 Å². The van der Waals surface area contributed by atoms with Crippen LogP contribution in [0, 0.1) is 0 Å². The second kappa shape index (κ2) is 6.04. The molecule has 1 aromatic heterocycles. The molecule has 0 atom stereocenters. The highest BCUT2D eigenvalue weighted by Gasteiger charge is 2.21. The zero-order valence-electron chi connectivity index (χ0n) is 11.8. The van der Waals surface area contributed by atoms with E-state index in [0.29, 0.717) is 11.4 Å². The Balaban J connectivity index is 2.47. The summed E-state index contributed by atoms with van der Waals surface area (Å²) in [5, 5.41) is 9.41. The number of carboxylic acids is 1. The van der Waals surface area contributed by atoms with Crippen molar-refractivity contribution in [2.24, 2.45) is 0 Å². The van der Waals surface area contributed by atoms with E-state index in [4.69, 9.17) is 0 Å². The van der Waals surface area contributed by atoms with Gasteiger partial charge in [0.2, 0.25) is 0 Å². The van der Waals surface area contributed by atoms with Crippen LogP contribution in [-0.2, 0) is 12.8 Å². The average molecular weight is 262 g/mol. The molecule has 1 aromatic rings. The number of hydrogen-bond acceptors (Lipinski definition) is 3. The number of nitrogens with zero attached hydrogens (tertiary/aromatic N) is 2. The molecule has 1 N–H and O–H groups in total. The molecule has 104 valence electrons. The Labute approximate surface area is 114 Å². The molecule has 1 aliphatic rings. The average Bonchev–Trinajstić information content (AvgIpc) is 2.43. The number of aromatic carboxylic acids is 1. The molecule has 0 spiro atoms. The molecule has 4 nitrogen and oxygen atoms in total. The van der Waals surface area contributed by atoms with Gasteiger partial charge in [0.1, 0.15) is 11.4 Å². The van der Waals surface area contributed by atoms with Crippen LogP contribution in [0.4, 0.5) is 5.82 Å². The van der Waals surface area contributed by atoms with Gasteiger partial charge in [-0.05, 0) is 50.7 Å². The highest BCUT2D eigenvalue weighted by atomic mass is 16.4. The lowest BCUT2D eigenvalue weighted by Gasteiger charge is -2.25. The maximum absolute atomic E-state index is 11.5. The first-order valence-electron chi connectivity index (χ1n) is 7.18. The van der Waals surface area contributed by atoms with Crippen LogP contribution in [0.25, 0.3) is 0 Å². The second-order valence-corrected chi connectivity index (χ2v) is 5.06. The van der Waals surface area contributed by atoms with Gasteiger partial charge in [0.25, 0.3) is 0 Å². The fourth-order valence-electron chi connectivity index (χ4n) is 2.70. The highest BCUT2D eigenvalue weighted by Crippen LogP contribution is 2.27. The number of hydrogen-bond donors (Lipinski definition) is 1. The zero-order chi connectivity index (χ0) is 13.8. The first-order valence-corrected chi connectivity index (χ1v) is 7.18. The van der Waals surface area contributed by atoms with Gasteiger partial charge in [-0.1, -0.05) is 6.92 Å². The molecule has 4 heteroatoms. The van der Waals surface area contributed by atoms with Gasteiger partial charge in [0, 0.05) is 18.8 Å². The lowest BCUT2D eigenvalue weighted by Crippen LogP contribution is -2.27. The normalized spacial score (nSPS) is 14.0. The Bertz CT molecular complexity index is 471. The minimum atomic E-state index is -0.870. The Morgan fingerprint density at radius 3 is 2.74 bits per heavy atom. The fourth-order valence-corrected chi connectivity index (χ4v) is 2.70. The standard InChI is InChI=1S/C15H22N2O2/c1-3-9-17(4-2)14-12(15(18)19)10-11-7-5-6-8-13(11)16-14/h10H,3-9H2,1-2H3,(H,18,19). The molecule has 1 aliphatic carbocycles. The molecular weight excluding hydrogens is 240 g/mol. The molecule has 0 saturated heterocycles. The summed E-state index contributed by atoms with van der Waals surface area (Å²) in [6, 6.07) is 1.84. The Kier molecular flexibility index (Phi) is 4.40. The summed E-state index contributed by atoms with van der Waals surface area (Å²) in [4.78, 5) is 18.2. The summed E-state index contributed by atoms with van der Waals surface area (Å²) in [5.74, 6) is -0.220. The number of pyridine rings is 1. The predicted octanol–water partition coefficient (Wildman–Crippen LogP) is 2.89. The van der Waals surface area contributed by atoms with E-state index >= 15 is 0 Å². The number of fused-ring (bicyclic) bond motifs is 1. The van der Waals surface area contributed by atoms with E-state index in [2.05, 4.69) is 16.8 Å². The Morgan fingerprint density at radius 2 is 2.11 bits per heavy atom. The van der Waals surface area contributed by atoms with Crippen LogP contribution in [0.3, 0.4) is 0 Å². The van der Waals surface area contributed by atoms with Crippen molar-refractivity contribution in [3.63, 3.8) is 0 Å². The Hall–Kier alpha value is -1.58. The SMILES string of the molecule is CCCN(CC)c1nc2c(cc1C(=O)O)CCCC2. The van der Waals surface area contributed by atoms with Crippen LogP contribution in [0.5, 0.6) is 0 Å². The van der Waals surface area contributed by atoms with Crippen molar-refractivity contribution < 1.29 is 9.90 Å². The van der Waals surface area contributed by atoms with Gasteiger partial charge >= 0.3 is 5.97 Å². The quantitative estimate of drug-likeness (QED) is 0.886. The molecule has 0 fully saturated rings. The van der Waals surface area contributed by atoms with E-state index in [0.717, 1.165) is 56.5 Å². The predicted molar refractivity (Wildman–Crippen MR) is 76.0 cm³/mol. The molecule has 0 amide bonds. The van der Waals surface area contributed by atoms with Crippen molar-refractivity contribution in [1.29, 1.82) is 0 Å². The van der Waals surface area contributed by atoms with Gasteiger partial charge in [0.05, 0.1) is 0 Å². The van der Waals surface area contributed by atoms with E-state index in [1.54, 1.807) is 0 Å². The molecule has 0 aromatic carbocycles. The summed E-state index contributed by atoms with van der Waals surface area (Å²) in [6.45, 7) is 5.78. The first kappa shape index (κ1) is 13.8. The third-order valence-corrected chi connectivity index (χ3v) is 3.69. The molecule has 0 aliphatic heterocycles. The number of aromatic nitrogens is 1. The third-order valence-electron chi connectivity index (χ3n) is 3.69. The van der Waals surface area contributed by atoms with Crippen LogP contribution in [0.15, 0.2) is 6.07 Å². The third kappa shape index (κ3) is 2.88. The number of anilines is 1. The minimum absolute atomic E-state index is 0.357. The lowest BCUT2D eigenvalue weighted by atomic mass is 9.94. The number of rotatable bonds is 5. The van der Waals surface area contributed by atoms with Crippen molar-refractivity contribution in [2.75, 3.05) is 18.0 Å². The van der Waals surface area contributed by atoms with Crippen molar-refractivity contribution >= 4 is 11.8 Å². The molecule has 19 heavy (non-hydrogen) atoms. The summed E-state index contributed by atoms with van der Waals surface area (Å²) < 4.78 is 0. The summed E-state index contributed by atoms with van der Waals surface area (Å²) in [7, 11) is 0. The van der Waals surface area contributed by atoms with Gasteiger partial charge in [-0.2, -0.15) is 0 Å². The van der Waals surface area contributed by atoms with E-state index in [1.165, 1.54) is 0 Å². The van der Waals surface area contributed by atoms with Crippen LogP contribution in [0.1, 0.15) is 54.7 Å². The van der Waals surface area contributed by atoms with E-state index < -0.39 is 5.97 Å². The number of aryl methyl sites for hydroxylation is 2. The monoisotopic (exact) mass is 262 g/mol. The van der Waals surface area contributed by atoms with Crippen LogP contribution < -0.4 is 4.90 Å². The molecule has 0 bridgehead atoms. The lowest BCUT2D eigenvalue weighted by molar-refractivity contribution is 0.0697. The molecule has 0 saturated carbocycles. The van der Waals surface area contributed by atoms with E-state index in [1.807, 2.05) is 13.0 Å². The summed E-state index contributed by atoms with van der Waals surface area (Å²) in [6.07, 6.45) is 5.23. The maximum atomic E-state index is 11.5. The first-order chi connectivity index (χ1) is 9.17. The second-order valence-electron chi connectivity index (χ2n) is 5.06.